The molecule has 0 spiro atoms. The molecular weight excluding hydrogens is 250 g/mol. The van der Waals surface area contributed by atoms with Crippen molar-refractivity contribution in [1.29, 1.82) is 0 Å². The van der Waals surface area contributed by atoms with Crippen LogP contribution in [0.2, 0.25) is 0 Å². The molecule has 2 rings (SSSR count). The lowest BCUT2D eigenvalue weighted by Crippen LogP contribution is -2.19. The van der Waals surface area contributed by atoms with E-state index in [0.29, 0.717) is 0 Å². The average molecular weight is 268 g/mol. The van der Waals surface area contributed by atoms with Gasteiger partial charge in [-0.1, -0.05) is 27.7 Å². The quantitative estimate of drug-likeness (QED) is 0.809. The fraction of sp³-hybridized carbons (Fsp3) is 0.500. The van der Waals surface area contributed by atoms with Gasteiger partial charge in [-0.2, -0.15) is 0 Å². The summed E-state index contributed by atoms with van der Waals surface area (Å²) in [5.41, 5.74) is 4.97. The van der Waals surface area contributed by atoms with Gasteiger partial charge < -0.3 is 11.1 Å². The first kappa shape index (κ1) is 13.8. The van der Waals surface area contributed by atoms with E-state index in [1.54, 1.807) is 0 Å². The fourth-order valence-corrected chi connectivity index (χ4v) is 2.74. The van der Waals surface area contributed by atoms with Crippen LogP contribution in [0, 0.1) is 28.4 Å². The van der Waals surface area contributed by atoms with E-state index in [9.17, 15) is 13.6 Å². The summed E-state index contributed by atoms with van der Waals surface area (Å²) in [5, 5.41) is 2.41. The maximum absolute atomic E-state index is 13.6. The molecule has 1 amide bonds. The first-order valence-corrected chi connectivity index (χ1v) is 6.15. The van der Waals surface area contributed by atoms with Gasteiger partial charge in [-0.3, -0.25) is 4.79 Å². The molecule has 104 valence electrons. The van der Waals surface area contributed by atoms with Crippen LogP contribution < -0.4 is 11.1 Å². The van der Waals surface area contributed by atoms with E-state index in [4.69, 9.17) is 5.73 Å². The molecule has 1 saturated carbocycles. The molecule has 0 bridgehead atoms. The number of amides is 1. The molecule has 3 nitrogen and oxygen atoms in total. The average Bonchev–Trinajstić information content (AvgIpc) is 2.70. The molecule has 1 fully saturated rings. The standard InChI is InChI=1S/C14H18F2N2O/c1-13(2)11(14(13,3)4)12(19)18-10-8(17)6-5-7(15)9(10)16/h5-6,11H,17H2,1-4H3,(H,18,19). The molecule has 0 unspecified atom stereocenters. The first-order chi connectivity index (χ1) is 8.60. The molecule has 3 N–H and O–H groups in total. The third-order valence-electron chi connectivity index (χ3n) is 4.66. The Hall–Kier alpha value is -1.65. The van der Waals surface area contributed by atoms with E-state index in [1.807, 2.05) is 27.7 Å². The molecular formula is C14H18F2N2O. The minimum absolute atomic E-state index is 0.0171. The number of hydrogen-bond acceptors (Lipinski definition) is 2. The molecule has 1 aromatic rings. The van der Waals surface area contributed by atoms with Gasteiger partial charge in [0.1, 0.15) is 5.69 Å². The van der Waals surface area contributed by atoms with Crippen LogP contribution in [-0.2, 0) is 4.79 Å². The summed E-state index contributed by atoms with van der Waals surface area (Å²) in [7, 11) is 0. The summed E-state index contributed by atoms with van der Waals surface area (Å²) in [6.07, 6.45) is 0. The van der Waals surface area contributed by atoms with Gasteiger partial charge in [0.25, 0.3) is 0 Å². The Balaban J connectivity index is 2.25. The highest BCUT2D eigenvalue weighted by Gasteiger charge is 2.68. The second kappa shape index (κ2) is 3.92. The number of nitrogens with one attached hydrogen (secondary N) is 1. The van der Waals surface area contributed by atoms with Crippen molar-refractivity contribution in [2.24, 2.45) is 16.7 Å². The molecule has 1 aliphatic rings. The van der Waals surface area contributed by atoms with Crippen LogP contribution in [-0.4, -0.2) is 5.91 Å². The zero-order valence-electron chi connectivity index (χ0n) is 11.5. The van der Waals surface area contributed by atoms with Crippen LogP contribution in [0.15, 0.2) is 12.1 Å². The van der Waals surface area contributed by atoms with Crippen molar-refractivity contribution in [3.05, 3.63) is 23.8 Å². The zero-order chi connectivity index (χ0) is 14.6. The van der Waals surface area contributed by atoms with Crippen molar-refractivity contribution >= 4 is 17.3 Å². The van der Waals surface area contributed by atoms with Gasteiger partial charge in [0, 0.05) is 5.92 Å². The Kier molecular flexibility index (Phi) is 2.84. The Morgan fingerprint density at radius 1 is 1.21 bits per heavy atom. The van der Waals surface area contributed by atoms with Crippen LogP contribution >= 0.6 is 0 Å². The van der Waals surface area contributed by atoms with Crippen LogP contribution in [0.25, 0.3) is 0 Å². The molecule has 1 aromatic carbocycles. The van der Waals surface area contributed by atoms with Crippen LogP contribution in [0.3, 0.4) is 0 Å². The van der Waals surface area contributed by atoms with Gasteiger partial charge >= 0.3 is 0 Å². The minimum atomic E-state index is -1.12. The number of nitrogen functional groups attached to an aromatic ring is 1. The van der Waals surface area contributed by atoms with E-state index in [-0.39, 0.29) is 34.0 Å². The van der Waals surface area contributed by atoms with Crippen molar-refractivity contribution in [1.82, 2.24) is 0 Å². The monoisotopic (exact) mass is 268 g/mol. The molecule has 1 aliphatic carbocycles. The normalized spacial score (nSPS) is 20.1. The van der Waals surface area contributed by atoms with Crippen molar-refractivity contribution < 1.29 is 13.6 Å². The Morgan fingerprint density at radius 2 is 1.74 bits per heavy atom. The Morgan fingerprint density at radius 3 is 2.21 bits per heavy atom. The van der Waals surface area contributed by atoms with Crippen LogP contribution in [0.1, 0.15) is 27.7 Å². The van der Waals surface area contributed by atoms with Crippen molar-refractivity contribution in [2.45, 2.75) is 27.7 Å². The lowest BCUT2D eigenvalue weighted by Gasteiger charge is -2.10. The summed E-state index contributed by atoms with van der Waals surface area (Å²) < 4.78 is 26.8. The van der Waals surface area contributed by atoms with Crippen LogP contribution in [0.4, 0.5) is 20.2 Å². The molecule has 0 atom stereocenters. The molecule has 0 heterocycles. The van der Waals surface area contributed by atoms with Crippen molar-refractivity contribution in [2.75, 3.05) is 11.1 Å². The first-order valence-electron chi connectivity index (χ1n) is 6.15. The maximum Gasteiger partial charge on any atom is 0.228 e. The van der Waals surface area contributed by atoms with Crippen molar-refractivity contribution in [3.8, 4) is 0 Å². The van der Waals surface area contributed by atoms with Gasteiger partial charge in [0.15, 0.2) is 11.6 Å². The molecule has 0 saturated heterocycles. The second-order valence-electron chi connectivity index (χ2n) is 6.19. The van der Waals surface area contributed by atoms with Crippen molar-refractivity contribution in [3.63, 3.8) is 0 Å². The Bertz CT molecular complexity index is 539. The number of carbonyl (C=O) groups is 1. The number of nitrogens with two attached hydrogens (primary N) is 1. The topological polar surface area (TPSA) is 55.1 Å². The third-order valence-corrected chi connectivity index (χ3v) is 4.66. The highest BCUT2D eigenvalue weighted by atomic mass is 19.2. The van der Waals surface area contributed by atoms with Gasteiger partial charge in [0.2, 0.25) is 5.91 Å². The smallest absolute Gasteiger partial charge is 0.228 e. The fourth-order valence-electron chi connectivity index (χ4n) is 2.74. The van der Waals surface area contributed by atoms with E-state index in [2.05, 4.69) is 5.32 Å². The second-order valence-corrected chi connectivity index (χ2v) is 6.19. The zero-order valence-corrected chi connectivity index (χ0v) is 11.5. The van der Waals surface area contributed by atoms with E-state index in [0.717, 1.165) is 6.07 Å². The summed E-state index contributed by atoms with van der Waals surface area (Å²) in [6.45, 7) is 7.90. The number of anilines is 2. The minimum Gasteiger partial charge on any atom is -0.397 e. The summed E-state index contributed by atoms with van der Waals surface area (Å²) in [5.74, 6) is -2.73. The highest BCUT2D eigenvalue weighted by Crippen LogP contribution is 2.68. The predicted octanol–water partition coefficient (Wildman–Crippen LogP) is 3.17. The molecule has 0 radical (unpaired) electrons. The number of benzene rings is 1. The van der Waals surface area contributed by atoms with Gasteiger partial charge in [-0.05, 0) is 23.0 Å². The Labute approximate surface area is 111 Å². The highest BCUT2D eigenvalue weighted by molar-refractivity contribution is 5.98. The lowest BCUT2D eigenvalue weighted by molar-refractivity contribution is -0.118. The summed E-state index contributed by atoms with van der Waals surface area (Å²) >= 11 is 0. The van der Waals surface area contributed by atoms with Gasteiger partial charge in [0.05, 0.1) is 5.69 Å². The third kappa shape index (κ3) is 1.88. The molecule has 5 heteroatoms. The lowest BCUT2D eigenvalue weighted by atomic mass is 10.0. The molecule has 0 aromatic heterocycles. The number of hydrogen-bond donors (Lipinski definition) is 2. The number of rotatable bonds is 2. The van der Waals surface area contributed by atoms with E-state index < -0.39 is 11.6 Å². The molecule has 0 aliphatic heterocycles. The van der Waals surface area contributed by atoms with Gasteiger partial charge in [-0.15, -0.1) is 0 Å². The van der Waals surface area contributed by atoms with E-state index in [1.165, 1.54) is 6.07 Å². The summed E-state index contributed by atoms with van der Waals surface area (Å²) in [4.78, 5) is 12.2. The molecule has 19 heavy (non-hydrogen) atoms. The maximum atomic E-state index is 13.6. The number of halogens is 2. The van der Waals surface area contributed by atoms with Gasteiger partial charge in [-0.25, -0.2) is 8.78 Å². The number of carbonyl (C=O) groups excluding carboxylic acids is 1. The van der Waals surface area contributed by atoms with Crippen LogP contribution in [0.5, 0.6) is 0 Å². The van der Waals surface area contributed by atoms with E-state index >= 15 is 0 Å². The largest absolute Gasteiger partial charge is 0.397 e. The predicted molar refractivity (Wildman–Crippen MR) is 70.5 cm³/mol. The SMILES string of the molecule is CC1(C)C(C(=O)Nc2c(N)ccc(F)c2F)C1(C)C. The summed E-state index contributed by atoms with van der Waals surface area (Å²) in [6, 6.07) is 2.17.